The van der Waals surface area contributed by atoms with E-state index in [0.717, 1.165) is 66.3 Å². The highest BCUT2D eigenvalue weighted by Gasteiger charge is 2.26. The van der Waals surface area contributed by atoms with E-state index in [-0.39, 0.29) is 16.5 Å². The van der Waals surface area contributed by atoms with Crippen LogP contribution >= 0.6 is 11.8 Å². The minimum atomic E-state index is -0.337. The number of benzene rings is 2. The second kappa shape index (κ2) is 14.6. The molecule has 2 aliphatic rings. The lowest BCUT2D eigenvalue weighted by Crippen LogP contribution is -2.52. The largest absolute Gasteiger partial charge is 0.491 e. The number of carbonyl (C=O) groups excluding carboxylic acids is 1. The lowest BCUT2D eigenvalue weighted by Gasteiger charge is -2.37. The molecule has 5 aromatic rings. The van der Waals surface area contributed by atoms with Crippen molar-refractivity contribution in [1.82, 2.24) is 44.8 Å². The molecule has 0 unspecified atom stereocenters. The Bertz CT molecular complexity index is 2010. The normalized spacial score (nSPS) is 17.7. The zero-order valence-electron chi connectivity index (χ0n) is 29.7. The smallest absolute Gasteiger partial charge is 0.257 e. The van der Waals surface area contributed by atoms with Gasteiger partial charge in [-0.1, -0.05) is 20.8 Å². The third-order valence-electron chi connectivity index (χ3n) is 9.33. The van der Waals surface area contributed by atoms with E-state index < -0.39 is 0 Å². The molecular formula is C36H44FN11O2S. The zero-order valence-corrected chi connectivity index (χ0v) is 30.5. The van der Waals surface area contributed by atoms with Crippen LogP contribution < -0.4 is 15.0 Å². The second-order valence-corrected chi connectivity index (χ2v) is 16.0. The third kappa shape index (κ3) is 8.00. The topological polar surface area (TPSA) is 132 Å². The maximum Gasteiger partial charge on any atom is 0.257 e. The number of H-pyrrole nitrogens is 1. The molecule has 0 bridgehead atoms. The van der Waals surface area contributed by atoms with Crippen LogP contribution in [-0.4, -0.2) is 128 Å². The van der Waals surface area contributed by atoms with E-state index in [9.17, 15) is 9.18 Å². The molecule has 13 nitrogen and oxygen atoms in total. The van der Waals surface area contributed by atoms with Crippen molar-refractivity contribution in [2.75, 3.05) is 76.2 Å². The summed E-state index contributed by atoms with van der Waals surface area (Å²) in [7, 11) is 2.09. The first-order valence-electron chi connectivity index (χ1n) is 17.3. The Morgan fingerprint density at radius 1 is 1.00 bits per heavy atom. The molecule has 0 aliphatic carbocycles. The van der Waals surface area contributed by atoms with Crippen LogP contribution in [0.1, 0.15) is 38.1 Å². The number of aromatic nitrogens is 6. The standard InChI is InChI=1S/C36H44FN11O2S/c1-23-21-48(11-8-45(23)5)34(49)24-19-38-35(39-20-24)47-12-9-46(10-13-47)14-15-50-30-18-29-27(17-31(30)51-36(2,3)4)32(41-22-40-29)42-33-26-16-25(37)6-7-28(26)43-44-33/h6-7,16-20,22-23H,8-15,21H2,1-5H3,(H2,40,41,42,43,44)/t23-/m1/s1. The Hall–Kier alpha value is -4.60. The van der Waals surface area contributed by atoms with E-state index in [1.54, 1.807) is 30.2 Å². The number of aromatic amines is 1. The van der Waals surface area contributed by atoms with Gasteiger partial charge in [-0.25, -0.2) is 24.3 Å². The summed E-state index contributed by atoms with van der Waals surface area (Å²) in [5, 5.41) is 12.0. The van der Waals surface area contributed by atoms with Crippen molar-refractivity contribution in [2.24, 2.45) is 0 Å². The van der Waals surface area contributed by atoms with Crippen LogP contribution in [0.4, 0.5) is 22.0 Å². The summed E-state index contributed by atoms with van der Waals surface area (Å²) in [6, 6.07) is 8.86. The van der Waals surface area contributed by atoms with Crippen LogP contribution in [0.25, 0.3) is 21.8 Å². The van der Waals surface area contributed by atoms with Gasteiger partial charge in [0.15, 0.2) is 5.82 Å². The number of nitrogens with zero attached hydrogens (tertiary/aromatic N) is 9. The molecule has 1 atom stereocenters. The summed E-state index contributed by atoms with van der Waals surface area (Å²) in [6.45, 7) is 15.5. The van der Waals surface area contributed by atoms with Gasteiger partial charge >= 0.3 is 0 Å². The van der Waals surface area contributed by atoms with E-state index in [1.807, 2.05) is 11.0 Å². The number of piperazine rings is 2. The van der Waals surface area contributed by atoms with Crippen molar-refractivity contribution in [1.29, 1.82) is 0 Å². The number of carbonyl (C=O) groups is 1. The number of anilines is 3. The number of nitrogens with one attached hydrogen (secondary N) is 2. The van der Waals surface area contributed by atoms with Crippen molar-refractivity contribution in [2.45, 2.75) is 43.4 Å². The molecule has 15 heteroatoms. The van der Waals surface area contributed by atoms with Crippen molar-refractivity contribution in [3.63, 3.8) is 0 Å². The minimum Gasteiger partial charge on any atom is -0.491 e. The van der Waals surface area contributed by atoms with Gasteiger partial charge in [-0.05, 0) is 38.2 Å². The molecule has 268 valence electrons. The number of hydrogen-bond donors (Lipinski definition) is 2. The van der Waals surface area contributed by atoms with Gasteiger partial charge < -0.3 is 24.8 Å². The fourth-order valence-corrected chi connectivity index (χ4v) is 7.40. The highest BCUT2D eigenvalue weighted by atomic mass is 32.2. The molecule has 2 aliphatic heterocycles. The van der Waals surface area contributed by atoms with E-state index in [0.29, 0.717) is 54.3 Å². The van der Waals surface area contributed by atoms with Gasteiger partial charge in [-0.3, -0.25) is 14.8 Å². The van der Waals surface area contributed by atoms with Crippen molar-refractivity contribution in [3.8, 4) is 5.75 Å². The summed E-state index contributed by atoms with van der Waals surface area (Å²) in [5.74, 6) is 2.14. The number of thioether (sulfide) groups is 1. The van der Waals surface area contributed by atoms with Crippen LogP contribution in [0.2, 0.25) is 0 Å². The molecule has 2 N–H and O–H groups in total. The molecule has 5 heterocycles. The summed E-state index contributed by atoms with van der Waals surface area (Å²) in [6.07, 6.45) is 4.83. The first-order chi connectivity index (χ1) is 24.5. The van der Waals surface area contributed by atoms with E-state index in [4.69, 9.17) is 4.74 Å². The van der Waals surface area contributed by atoms with Gasteiger partial charge in [0.05, 0.1) is 21.5 Å². The maximum atomic E-state index is 14.0. The van der Waals surface area contributed by atoms with Gasteiger partial charge in [0.1, 0.15) is 30.3 Å². The Labute approximate surface area is 301 Å². The number of amides is 1. The molecule has 51 heavy (non-hydrogen) atoms. The quantitative estimate of drug-likeness (QED) is 0.198. The van der Waals surface area contributed by atoms with Crippen LogP contribution in [0.5, 0.6) is 5.75 Å². The maximum absolute atomic E-state index is 14.0. The highest BCUT2D eigenvalue weighted by molar-refractivity contribution is 8.00. The molecule has 2 fully saturated rings. The molecule has 0 radical (unpaired) electrons. The fraction of sp³-hybridized carbons (Fsp3) is 0.444. The average molecular weight is 714 g/mol. The van der Waals surface area contributed by atoms with Gasteiger partial charge in [0.2, 0.25) is 5.95 Å². The monoisotopic (exact) mass is 713 g/mol. The van der Waals surface area contributed by atoms with Crippen LogP contribution in [0, 0.1) is 5.82 Å². The lowest BCUT2D eigenvalue weighted by molar-refractivity contribution is 0.0571. The minimum absolute atomic E-state index is 0.00750. The molecule has 0 saturated carbocycles. The van der Waals surface area contributed by atoms with E-state index in [1.165, 1.54) is 18.5 Å². The fourth-order valence-electron chi connectivity index (χ4n) is 6.35. The summed E-state index contributed by atoms with van der Waals surface area (Å²) < 4.78 is 20.4. The summed E-state index contributed by atoms with van der Waals surface area (Å²) in [5.41, 5.74) is 1.99. The van der Waals surface area contributed by atoms with E-state index >= 15 is 0 Å². The number of rotatable bonds is 9. The average Bonchev–Trinajstić information content (AvgIpc) is 3.50. The van der Waals surface area contributed by atoms with Crippen molar-refractivity contribution >= 4 is 57.1 Å². The zero-order chi connectivity index (χ0) is 35.7. The van der Waals surface area contributed by atoms with Gasteiger partial charge in [-0.2, -0.15) is 5.10 Å². The van der Waals surface area contributed by atoms with Crippen LogP contribution in [0.3, 0.4) is 0 Å². The number of likely N-dealkylation sites (N-methyl/N-ethyl adjacent to an activating group) is 1. The lowest BCUT2D eigenvalue weighted by atomic mass is 10.2. The molecule has 7 rings (SSSR count). The Morgan fingerprint density at radius 2 is 1.78 bits per heavy atom. The predicted molar refractivity (Wildman–Crippen MR) is 199 cm³/mol. The molecule has 2 saturated heterocycles. The molecular weight excluding hydrogens is 670 g/mol. The number of ether oxygens (including phenoxy) is 1. The predicted octanol–water partition coefficient (Wildman–Crippen LogP) is 5.05. The van der Waals surface area contributed by atoms with Gasteiger partial charge in [0, 0.05) is 92.4 Å². The van der Waals surface area contributed by atoms with E-state index in [2.05, 4.69) is 91.0 Å². The van der Waals surface area contributed by atoms with Crippen molar-refractivity contribution < 1.29 is 13.9 Å². The SMILES string of the molecule is C[C@@H]1CN(C(=O)c2cnc(N3CCN(CCOc4cc5ncnc(Nc6n[nH]c7ccc(F)cc67)c5cc4SC(C)(C)C)CC3)nc2)CCN1C. The molecule has 1 amide bonds. The van der Waals surface area contributed by atoms with Gasteiger partial charge in [-0.15, -0.1) is 11.8 Å². The summed E-state index contributed by atoms with van der Waals surface area (Å²) in [4.78, 5) is 40.9. The number of fused-ring (bicyclic) bond motifs is 2. The first kappa shape index (κ1) is 34.8. The van der Waals surface area contributed by atoms with Crippen LogP contribution in [-0.2, 0) is 0 Å². The second-order valence-electron chi connectivity index (χ2n) is 14.2. The highest BCUT2D eigenvalue weighted by Crippen LogP contribution is 2.41. The number of halogens is 1. The third-order valence-corrected chi connectivity index (χ3v) is 10.5. The Morgan fingerprint density at radius 3 is 2.53 bits per heavy atom. The molecule has 3 aromatic heterocycles. The Balaban J connectivity index is 0.973. The molecule has 2 aromatic carbocycles. The first-order valence-corrected chi connectivity index (χ1v) is 18.1. The van der Waals surface area contributed by atoms with Crippen molar-refractivity contribution in [3.05, 3.63) is 60.4 Å². The van der Waals surface area contributed by atoms with Gasteiger partial charge in [0.25, 0.3) is 5.91 Å². The summed E-state index contributed by atoms with van der Waals surface area (Å²) >= 11 is 1.72. The Kier molecular flexibility index (Phi) is 9.94. The number of hydrogen-bond acceptors (Lipinski definition) is 12. The molecule has 0 spiro atoms. The van der Waals surface area contributed by atoms with Crippen LogP contribution in [0.15, 0.2) is 53.9 Å².